The van der Waals surface area contributed by atoms with Gasteiger partial charge in [0.1, 0.15) is 5.92 Å². The molecule has 1 aliphatic rings. The summed E-state index contributed by atoms with van der Waals surface area (Å²) in [6.45, 7) is 7.50. The fraction of sp³-hybridized carbons (Fsp3) is 0.857. The van der Waals surface area contributed by atoms with E-state index < -0.39 is 17.3 Å². The molecule has 0 spiro atoms. The lowest BCUT2D eigenvalue weighted by atomic mass is 9.80. The van der Waals surface area contributed by atoms with E-state index >= 15 is 0 Å². The highest BCUT2D eigenvalue weighted by Gasteiger charge is 2.39. The SMILES string of the molecule is CCSC1CCC(NC(=O)C(C(=O)O)C(C)(C)C)C1. The molecule has 1 fully saturated rings. The summed E-state index contributed by atoms with van der Waals surface area (Å²) in [5, 5.41) is 12.8. The van der Waals surface area contributed by atoms with Crippen LogP contribution in [0.3, 0.4) is 0 Å². The van der Waals surface area contributed by atoms with Crippen molar-refractivity contribution in [2.45, 2.75) is 58.2 Å². The average molecular weight is 287 g/mol. The van der Waals surface area contributed by atoms with Gasteiger partial charge < -0.3 is 10.4 Å². The number of thioether (sulfide) groups is 1. The molecule has 0 heterocycles. The molecular weight excluding hydrogens is 262 g/mol. The van der Waals surface area contributed by atoms with Crippen molar-refractivity contribution in [1.82, 2.24) is 5.32 Å². The molecule has 3 atom stereocenters. The Balaban J connectivity index is 2.57. The Kier molecular flexibility index (Phi) is 5.71. The van der Waals surface area contributed by atoms with Crippen molar-refractivity contribution < 1.29 is 14.7 Å². The molecule has 3 unspecified atom stereocenters. The molecule has 1 aliphatic carbocycles. The predicted octanol–water partition coefficient (Wildman–Crippen LogP) is 2.52. The molecule has 1 amide bonds. The lowest BCUT2D eigenvalue weighted by Gasteiger charge is -2.27. The lowest BCUT2D eigenvalue weighted by Crippen LogP contribution is -2.45. The first-order valence-corrected chi connectivity index (χ1v) is 7.95. The summed E-state index contributed by atoms with van der Waals surface area (Å²) in [4.78, 5) is 23.4. The molecule has 0 bridgehead atoms. The number of carboxylic acids is 1. The standard InChI is InChI=1S/C14H25NO3S/c1-5-19-10-7-6-9(8-10)15-12(16)11(13(17)18)14(2,3)4/h9-11H,5-8H2,1-4H3,(H,15,16)(H,17,18). The van der Waals surface area contributed by atoms with E-state index in [1.165, 1.54) is 0 Å². The molecule has 0 aromatic heterocycles. The second-order valence-electron chi connectivity index (χ2n) is 6.23. The zero-order valence-electron chi connectivity index (χ0n) is 12.2. The first-order chi connectivity index (χ1) is 8.75. The molecule has 2 N–H and O–H groups in total. The third-order valence-corrected chi connectivity index (χ3v) is 4.74. The van der Waals surface area contributed by atoms with Crippen molar-refractivity contribution in [3.05, 3.63) is 0 Å². The van der Waals surface area contributed by atoms with Crippen LogP contribution in [0.25, 0.3) is 0 Å². The van der Waals surface area contributed by atoms with Crippen LogP contribution in [0.5, 0.6) is 0 Å². The van der Waals surface area contributed by atoms with Crippen molar-refractivity contribution in [3.8, 4) is 0 Å². The van der Waals surface area contributed by atoms with Gasteiger partial charge in [-0.1, -0.05) is 27.7 Å². The van der Waals surface area contributed by atoms with Crippen LogP contribution in [0.4, 0.5) is 0 Å². The van der Waals surface area contributed by atoms with Gasteiger partial charge in [-0.15, -0.1) is 0 Å². The normalized spacial score (nSPS) is 25.1. The van der Waals surface area contributed by atoms with E-state index in [0.717, 1.165) is 25.0 Å². The third kappa shape index (κ3) is 4.71. The van der Waals surface area contributed by atoms with Crippen LogP contribution in [-0.4, -0.2) is 34.0 Å². The van der Waals surface area contributed by atoms with Gasteiger partial charge in [-0.3, -0.25) is 9.59 Å². The average Bonchev–Trinajstić information content (AvgIpc) is 2.62. The van der Waals surface area contributed by atoms with E-state index in [1.54, 1.807) is 20.8 Å². The monoisotopic (exact) mass is 287 g/mol. The van der Waals surface area contributed by atoms with Crippen LogP contribution in [0.1, 0.15) is 47.0 Å². The van der Waals surface area contributed by atoms with Gasteiger partial charge in [0.15, 0.2) is 0 Å². The number of aliphatic carboxylic acids is 1. The van der Waals surface area contributed by atoms with Crippen LogP contribution in [0, 0.1) is 11.3 Å². The van der Waals surface area contributed by atoms with E-state index in [0.29, 0.717) is 5.25 Å². The van der Waals surface area contributed by atoms with Gasteiger partial charge >= 0.3 is 5.97 Å². The minimum atomic E-state index is -1.04. The maximum absolute atomic E-state index is 12.2. The number of amides is 1. The van der Waals surface area contributed by atoms with Gasteiger partial charge in [-0.2, -0.15) is 11.8 Å². The number of hydrogen-bond donors (Lipinski definition) is 2. The van der Waals surface area contributed by atoms with Gasteiger partial charge in [0, 0.05) is 11.3 Å². The summed E-state index contributed by atoms with van der Waals surface area (Å²) in [6.07, 6.45) is 3.03. The Morgan fingerprint density at radius 3 is 2.47 bits per heavy atom. The third-order valence-electron chi connectivity index (χ3n) is 3.51. The van der Waals surface area contributed by atoms with Gasteiger partial charge in [0.2, 0.25) is 5.91 Å². The summed E-state index contributed by atoms with van der Waals surface area (Å²) in [5.74, 6) is -1.27. The van der Waals surface area contributed by atoms with E-state index in [2.05, 4.69) is 12.2 Å². The Morgan fingerprint density at radius 2 is 2.00 bits per heavy atom. The van der Waals surface area contributed by atoms with Crippen molar-refractivity contribution in [2.24, 2.45) is 11.3 Å². The van der Waals surface area contributed by atoms with Crippen molar-refractivity contribution in [2.75, 3.05) is 5.75 Å². The fourth-order valence-electron chi connectivity index (χ4n) is 2.62. The molecule has 19 heavy (non-hydrogen) atoms. The molecule has 0 aromatic rings. The Hall–Kier alpha value is -0.710. The van der Waals surface area contributed by atoms with Crippen LogP contribution >= 0.6 is 11.8 Å². The predicted molar refractivity (Wildman–Crippen MR) is 78.3 cm³/mol. The molecular formula is C14H25NO3S. The molecule has 1 saturated carbocycles. The van der Waals surface area contributed by atoms with Gasteiger partial charge in [-0.25, -0.2) is 0 Å². The van der Waals surface area contributed by atoms with Gasteiger partial charge in [0.25, 0.3) is 0 Å². The Labute approximate surface area is 119 Å². The molecule has 5 heteroatoms. The summed E-state index contributed by atoms with van der Waals surface area (Å²) < 4.78 is 0. The highest BCUT2D eigenvalue weighted by molar-refractivity contribution is 7.99. The largest absolute Gasteiger partial charge is 0.481 e. The summed E-state index contributed by atoms with van der Waals surface area (Å²) in [7, 11) is 0. The molecule has 0 radical (unpaired) electrons. The van der Waals surface area contributed by atoms with E-state index in [-0.39, 0.29) is 11.9 Å². The van der Waals surface area contributed by atoms with Crippen LogP contribution in [0.15, 0.2) is 0 Å². The summed E-state index contributed by atoms with van der Waals surface area (Å²) in [5.41, 5.74) is -0.563. The Morgan fingerprint density at radius 1 is 1.37 bits per heavy atom. The zero-order valence-corrected chi connectivity index (χ0v) is 13.0. The highest BCUT2D eigenvalue weighted by atomic mass is 32.2. The second-order valence-corrected chi connectivity index (χ2v) is 7.81. The van der Waals surface area contributed by atoms with Crippen molar-refractivity contribution in [1.29, 1.82) is 0 Å². The van der Waals surface area contributed by atoms with Crippen LogP contribution in [-0.2, 0) is 9.59 Å². The van der Waals surface area contributed by atoms with Crippen molar-refractivity contribution in [3.63, 3.8) is 0 Å². The number of rotatable bonds is 5. The smallest absolute Gasteiger partial charge is 0.316 e. The lowest BCUT2D eigenvalue weighted by molar-refractivity contribution is -0.151. The number of nitrogens with one attached hydrogen (secondary N) is 1. The fourth-order valence-corrected chi connectivity index (χ4v) is 3.76. The molecule has 0 aliphatic heterocycles. The molecule has 1 rings (SSSR count). The molecule has 4 nitrogen and oxygen atoms in total. The summed E-state index contributed by atoms with van der Waals surface area (Å²) in [6, 6.07) is 0.140. The number of carboxylic acid groups (broad SMARTS) is 1. The molecule has 0 aromatic carbocycles. The second kappa shape index (κ2) is 6.64. The number of hydrogen-bond acceptors (Lipinski definition) is 3. The highest BCUT2D eigenvalue weighted by Crippen LogP contribution is 2.31. The zero-order chi connectivity index (χ0) is 14.6. The van der Waals surface area contributed by atoms with Crippen LogP contribution < -0.4 is 5.32 Å². The van der Waals surface area contributed by atoms with E-state index in [4.69, 9.17) is 0 Å². The first-order valence-electron chi connectivity index (χ1n) is 6.90. The summed E-state index contributed by atoms with van der Waals surface area (Å²) >= 11 is 1.92. The number of carbonyl (C=O) groups excluding carboxylic acids is 1. The topological polar surface area (TPSA) is 66.4 Å². The Bertz CT molecular complexity index is 338. The molecule has 110 valence electrons. The van der Waals surface area contributed by atoms with E-state index in [9.17, 15) is 14.7 Å². The minimum absolute atomic E-state index is 0.140. The maximum atomic E-state index is 12.2. The first kappa shape index (κ1) is 16.3. The van der Waals surface area contributed by atoms with Crippen LogP contribution in [0.2, 0.25) is 0 Å². The van der Waals surface area contributed by atoms with Gasteiger partial charge in [-0.05, 0) is 30.4 Å². The quantitative estimate of drug-likeness (QED) is 0.763. The van der Waals surface area contributed by atoms with Crippen molar-refractivity contribution >= 4 is 23.6 Å². The van der Waals surface area contributed by atoms with Gasteiger partial charge in [0.05, 0.1) is 0 Å². The molecule has 0 saturated heterocycles. The van der Waals surface area contributed by atoms with E-state index in [1.807, 2.05) is 11.8 Å². The maximum Gasteiger partial charge on any atom is 0.316 e. The number of carbonyl (C=O) groups is 2. The minimum Gasteiger partial charge on any atom is -0.481 e.